The SMILES string of the molecule is CC(C)(C)C(C#N)CN1CCCC1=O. The number of likely N-dealkylation sites (tertiary alicyclic amines) is 1. The van der Waals surface area contributed by atoms with Crippen molar-refractivity contribution in [2.75, 3.05) is 13.1 Å². The van der Waals surface area contributed by atoms with E-state index >= 15 is 0 Å². The summed E-state index contributed by atoms with van der Waals surface area (Å²) in [6.07, 6.45) is 1.60. The molecule has 14 heavy (non-hydrogen) atoms. The van der Waals surface area contributed by atoms with Crippen LogP contribution in [-0.4, -0.2) is 23.9 Å². The standard InChI is InChI=1S/C11H18N2O/c1-11(2,3)9(7-12)8-13-6-4-5-10(13)14/h9H,4-6,8H2,1-3H3. The first kappa shape index (κ1) is 11.0. The molecular weight excluding hydrogens is 176 g/mol. The van der Waals surface area contributed by atoms with Gasteiger partial charge in [-0.15, -0.1) is 0 Å². The van der Waals surface area contributed by atoms with E-state index in [9.17, 15) is 4.79 Å². The molecule has 1 aliphatic rings. The predicted octanol–water partition coefficient (Wildman–Crippen LogP) is 1.79. The lowest BCUT2D eigenvalue weighted by molar-refractivity contribution is -0.128. The van der Waals surface area contributed by atoms with E-state index in [4.69, 9.17) is 5.26 Å². The molecule has 0 radical (unpaired) electrons. The Labute approximate surface area is 85.7 Å². The fourth-order valence-corrected chi connectivity index (χ4v) is 1.63. The van der Waals surface area contributed by atoms with Gasteiger partial charge in [-0.1, -0.05) is 20.8 Å². The van der Waals surface area contributed by atoms with Gasteiger partial charge in [0.05, 0.1) is 12.0 Å². The monoisotopic (exact) mass is 194 g/mol. The van der Waals surface area contributed by atoms with Gasteiger partial charge >= 0.3 is 0 Å². The van der Waals surface area contributed by atoms with Crippen molar-refractivity contribution < 1.29 is 4.79 Å². The fraction of sp³-hybridized carbons (Fsp3) is 0.818. The summed E-state index contributed by atoms with van der Waals surface area (Å²) < 4.78 is 0. The number of hydrogen-bond acceptors (Lipinski definition) is 2. The summed E-state index contributed by atoms with van der Waals surface area (Å²) >= 11 is 0. The van der Waals surface area contributed by atoms with Crippen LogP contribution < -0.4 is 0 Å². The Bertz CT molecular complexity index is 259. The lowest BCUT2D eigenvalue weighted by atomic mass is 9.81. The van der Waals surface area contributed by atoms with E-state index in [-0.39, 0.29) is 17.2 Å². The molecule has 0 bridgehead atoms. The smallest absolute Gasteiger partial charge is 0.222 e. The minimum Gasteiger partial charge on any atom is -0.341 e. The molecule has 78 valence electrons. The molecule has 1 saturated heterocycles. The highest BCUT2D eigenvalue weighted by Crippen LogP contribution is 2.27. The van der Waals surface area contributed by atoms with E-state index in [1.54, 1.807) is 0 Å². The van der Waals surface area contributed by atoms with Crippen LogP contribution in [0.15, 0.2) is 0 Å². The number of rotatable bonds is 2. The number of nitriles is 1. The second kappa shape index (κ2) is 4.00. The molecule has 0 spiro atoms. The second-order valence-electron chi connectivity index (χ2n) is 4.99. The highest BCUT2D eigenvalue weighted by Gasteiger charge is 2.30. The molecule has 1 unspecified atom stereocenters. The van der Waals surface area contributed by atoms with Gasteiger partial charge in [0.15, 0.2) is 0 Å². The first-order valence-electron chi connectivity index (χ1n) is 5.12. The molecule has 1 heterocycles. The normalized spacial score (nSPS) is 19.6. The van der Waals surface area contributed by atoms with Crippen LogP contribution in [0.4, 0.5) is 0 Å². The summed E-state index contributed by atoms with van der Waals surface area (Å²) in [6, 6.07) is 2.30. The second-order valence-corrected chi connectivity index (χ2v) is 4.99. The molecule has 1 amide bonds. The van der Waals surface area contributed by atoms with Gasteiger partial charge in [0.2, 0.25) is 5.91 Å². The van der Waals surface area contributed by atoms with Gasteiger partial charge in [0, 0.05) is 19.5 Å². The van der Waals surface area contributed by atoms with E-state index in [0.717, 1.165) is 13.0 Å². The Kier molecular flexibility index (Phi) is 3.15. The van der Waals surface area contributed by atoms with Gasteiger partial charge < -0.3 is 4.90 Å². The van der Waals surface area contributed by atoms with Gasteiger partial charge in [0.1, 0.15) is 0 Å². The van der Waals surface area contributed by atoms with Crippen molar-refractivity contribution in [1.29, 1.82) is 5.26 Å². The van der Waals surface area contributed by atoms with E-state index in [2.05, 4.69) is 6.07 Å². The predicted molar refractivity (Wildman–Crippen MR) is 54.4 cm³/mol. The fourth-order valence-electron chi connectivity index (χ4n) is 1.63. The van der Waals surface area contributed by atoms with E-state index in [1.807, 2.05) is 25.7 Å². The molecule has 0 aromatic heterocycles. The molecule has 1 aliphatic heterocycles. The lowest BCUT2D eigenvalue weighted by Crippen LogP contribution is -2.35. The molecule has 0 aliphatic carbocycles. The van der Waals surface area contributed by atoms with Crippen LogP contribution in [0.2, 0.25) is 0 Å². The molecule has 1 atom stereocenters. The number of hydrogen-bond donors (Lipinski definition) is 0. The largest absolute Gasteiger partial charge is 0.341 e. The van der Waals surface area contributed by atoms with Crippen LogP contribution in [0.3, 0.4) is 0 Å². The Hall–Kier alpha value is -1.04. The number of nitrogens with zero attached hydrogens (tertiary/aromatic N) is 2. The molecular formula is C11H18N2O. The Morgan fingerprint density at radius 1 is 1.57 bits per heavy atom. The third-order valence-corrected chi connectivity index (χ3v) is 2.78. The molecule has 3 heteroatoms. The number of amides is 1. The third kappa shape index (κ3) is 2.47. The van der Waals surface area contributed by atoms with E-state index in [0.29, 0.717) is 13.0 Å². The van der Waals surface area contributed by atoms with E-state index in [1.165, 1.54) is 0 Å². The Balaban J connectivity index is 2.58. The molecule has 0 N–H and O–H groups in total. The summed E-state index contributed by atoms with van der Waals surface area (Å²) in [4.78, 5) is 13.2. The van der Waals surface area contributed by atoms with Crippen molar-refractivity contribution in [3.05, 3.63) is 0 Å². The topological polar surface area (TPSA) is 44.1 Å². The van der Waals surface area contributed by atoms with Crippen LogP contribution >= 0.6 is 0 Å². The highest BCUT2D eigenvalue weighted by molar-refractivity contribution is 5.78. The van der Waals surface area contributed by atoms with Crippen molar-refractivity contribution in [2.45, 2.75) is 33.6 Å². The van der Waals surface area contributed by atoms with Gasteiger partial charge in [-0.25, -0.2) is 0 Å². The molecule has 0 saturated carbocycles. The summed E-state index contributed by atoms with van der Waals surface area (Å²) in [5.74, 6) is 0.138. The van der Waals surface area contributed by atoms with Crippen molar-refractivity contribution in [1.82, 2.24) is 4.90 Å². The molecule has 0 aromatic rings. The van der Waals surface area contributed by atoms with Gasteiger partial charge in [-0.3, -0.25) is 4.79 Å². The third-order valence-electron chi connectivity index (χ3n) is 2.78. The van der Waals surface area contributed by atoms with Crippen molar-refractivity contribution >= 4 is 5.91 Å². The van der Waals surface area contributed by atoms with E-state index < -0.39 is 0 Å². The number of carbonyl (C=O) groups excluding carboxylic acids is 1. The molecule has 0 aromatic carbocycles. The van der Waals surface area contributed by atoms with Crippen LogP contribution in [0.1, 0.15) is 33.6 Å². The average molecular weight is 194 g/mol. The first-order valence-corrected chi connectivity index (χ1v) is 5.12. The first-order chi connectivity index (χ1) is 6.45. The minimum absolute atomic E-state index is 0.0440. The quantitative estimate of drug-likeness (QED) is 0.672. The van der Waals surface area contributed by atoms with Crippen LogP contribution in [0.25, 0.3) is 0 Å². The zero-order chi connectivity index (χ0) is 10.8. The zero-order valence-electron chi connectivity index (χ0n) is 9.21. The van der Waals surface area contributed by atoms with Gasteiger partial charge in [-0.2, -0.15) is 5.26 Å². The van der Waals surface area contributed by atoms with Gasteiger partial charge in [0.25, 0.3) is 0 Å². The van der Waals surface area contributed by atoms with Crippen molar-refractivity contribution in [2.24, 2.45) is 11.3 Å². The highest BCUT2D eigenvalue weighted by atomic mass is 16.2. The van der Waals surface area contributed by atoms with Crippen LogP contribution in [0.5, 0.6) is 0 Å². The zero-order valence-corrected chi connectivity index (χ0v) is 9.21. The van der Waals surface area contributed by atoms with Crippen LogP contribution in [0, 0.1) is 22.7 Å². The molecule has 3 nitrogen and oxygen atoms in total. The summed E-state index contributed by atoms with van der Waals surface area (Å²) in [5.41, 5.74) is -0.0440. The number of carbonyl (C=O) groups is 1. The summed E-state index contributed by atoms with van der Waals surface area (Å²) in [6.45, 7) is 7.55. The molecule has 1 fully saturated rings. The van der Waals surface area contributed by atoms with Crippen LogP contribution in [-0.2, 0) is 4.79 Å². The van der Waals surface area contributed by atoms with Crippen molar-refractivity contribution in [3.8, 4) is 6.07 Å². The minimum atomic E-state index is -0.0652. The lowest BCUT2D eigenvalue weighted by Gasteiger charge is -2.28. The Morgan fingerprint density at radius 2 is 2.21 bits per heavy atom. The maximum atomic E-state index is 11.4. The maximum Gasteiger partial charge on any atom is 0.222 e. The average Bonchev–Trinajstić information content (AvgIpc) is 2.45. The summed E-state index contributed by atoms with van der Waals surface area (Å²) in [7, 11) is 0. The van der Waals surface area contributed by atoms with Crippen molar-refractivity contribution in [3.63, 3.8) is 0 Å². The maximum absolute atomic E-state index is 11.4. The van der Waals surface area contributed by atoms with Gasteiger partial charge in [-0.05, 0) is 11.8 Å². The molecule has 1 rings (SSSR count). The Morgan fingerprint density at radius 3 is 2.57 bits per heavy atom. The summed E-state index contributed by atoms with van der Waals surface area (Å²) in [5, 5.41) is 9.02.